The van der Waals surface area contributed by atoms with Crippen LogP contribution in [0.4, 0.5) is 0 Å². The Balaban J connectivity index is 1.70. The van der Waals surface area contributed by atoms with Gasteiger partial charge in [-0.2, -0.15) is 0 Å². The number of aliphatic hydroxyl groups is 4. The van der Waals surface area contributed by atoms with Crippen LogP contribution in [0.2, 0.25) is 0 Å². The average Bonchev–Trinajstić information content (AvgIpc) is 3.28. The number of aliphatic hydroxyl groups excluding tert-OH is 3. The summed E-state index contributed by atoms with van der Waals surface area (Å²) < 4.78 is 29.5. The summed E-state index contributed by atoms with van der Waals surface area (Å²) in [6.07, 6.45) is 10.9. The third kappa shape index (κ3) is 14.5. The first-order valence-electron chi connectivity index (χ1n) is 24.1. The first-order valence-corrected chi connectivity index (χ1v) is 24.1. The van der Waals surface area contributed by atoms with Crippen LogP contribution < -0.4 is 0 Å². The highest BCUT2D eigenvalue weighted by molar-refractivity contribution is 6.39. The highest BCUT2D eigenvalue weighted by Gasteiger charge is 2.53. The van der Waals surface area contributed by atoms with Gasteiger partial charge < -0.3 is 49.0 Å². The number of amides is 1. The minimum absolute atomic E-state index is 0.0183. The van der Waals surface area contributed by atoms with Gasteiger partial charge in [0.2, 0.25) is 5.79 Å². The standard InChI is InChI=1S/C51H81NO13/c1-30-16-12-11-13-17-31(2)42(61-8)28-38-21-19-36(7)51(60,65-38)48(57)49(58)52-23-15-14-18-39(52)50(59)64-43(33(4)26-37-20-22-40(53)44(27-37)62-9)29-41(54)32(3)25-35(6)46(56)47(63-10)45(55)34(5)24-30/h11-13,16-17,25,30,32-34,36-44,46-47,53-54,56,60H,14-15,18-24,26-29H2,1-10H3/b13-11?,16-12+,31-17?,35-25+/t30-,32-,33-,34-,36-,37-,38+,39+,40-,41-,42+,43?,44-,46-,47+,51-/m1/s1. The topological polar surface area (TPSA) is 199 Å². The molecule has 4 rings (SSSR count). The van der Waals surface area contributed by atoms with Crippen LogP contribution in [-0.2, 0) is 42.9 Å². The van der Waals surface area contributed by atoms with E-state index in [2.05, 4.69) is 0 Å². The van der Waals surface area contributed by atoms with Gasteiger partial charge in [0.1, 0.15) is 24.4 Å². The summed E-state index contributed by atoms with van der Waals surface area (Å²) in [5.74, 6) is -7.26. The van der Waals surface area contributed by atoms with Crippen LogP contribution in [0, 0.1) is 35.5 Å². The molecular formula is C51H81NO13. The number of carbonyl (C=O) groups excluding carboxylic acids is 4. The van der Waals surface area contributed by atoms with Crippen LogP contribution in [0.25, 0.3) is 0 Å². The Morgan fingerprint density at radius 2 is 1.54 bits per heavy atom. The SMILES string of the molecule is CO[C@H]1C[C@@H]2CC[C@@H](C)[C@@](O)(O2)C(=O)C(=O)N2CCCC[C@H]2C(=O)OC([C@H](C)C[C@H]2CC[C@@H](O)[C@H](OC)C2)C[C@@H](O)[C@H](C)/C=C(\C)[C@@H](O)[C@@H](OC)C(=O)[C@H](C)C[C@H](C)/C=C/C=CC=C1C. The number of esters is 1. The van der Waals surface area contributed by atoms with Gasteiger partial charge in [0.05, 0.1) is 30.5 Å². The van der Waals surface area contributed by atoms with Gasteiger partial charge in [0, 0.05) is 58.5 Å². The van der Waals surface area contributed by atoms with Crippen molar-refractivity contribution in [1.82, 2.24) is 4.90 Å². The maximum absolute atomic E-state index is 14.4. The molecular weight excluding hydrogens is 835 g/mol. The lowest BCUT2D eigenvalue weighted by atomic mass is 9.78. The van der Waals surface area contributed by atoms with Gasteiger partial charge in [-0.15, -0.1) is 0 Å². The van der Waals surface area contributed by atoms with Gasteiger partial charge in [-0.25, -0.2) is 4.79 Å². The number of methoxy groups -OCH3 is 3. The summed E-state index contributed by atoms with van der Waals surface area (Å²) in [6.45, 7) is 13.0. The van der Waals surface area contributed by atoms with Gasteiger partial charge in [-0.3, -0.25) is 14.4 Å². The summed E-state index contributed by atoms with van der Waals surface area (Å²) in [5, 5.41) is 45.7. The Kier molecular flexibility index (Phi) is 21.3. The third-order valence-electron chi connectivity index (χ3n) is 14.7. The molecule has 3 aliphatic heterocycles. The second-order valence-electron chi connectivity index (χ2n) is 19.8. The molecule has 1 saturated carbocycles. The summed E-state index contributed by atoms with van der Waals surface area (Å²) in [5.41, 5.74) is 1.33. The third-order valence-corrected chi connectivity index (χ3v) is 14.7. The molecule has 368 valence electrons. The van der Waals surface area contributed by atoms with E-state index in [0.717, 1.165) is 12.0 Å². The molecule has 65 heavy (non-hydrogen) atoms. The maximum Gasteiger partial charge on any atom is 0.329 e. The van der Waals surface area contributed by atoms with Crippen molar-refractivity contribution in [2.24, 2.45) is 35.5 Å². The van der Waals surface area contributed by atoms with E-state index in [4.69, 9.17) is 23.7 Å². The minimum Gasteiger partial charge on any atom is -0.460 e. The van der Waals surface area contributed by atoms with Crippen molar-refractivity contribution in [2.75, 3.05) is 27.9 Å². The number of ether oxygens (including phenoxy) is 5. The highest BCUT2D eigenvalue weighted by atomic mass is 16.6. The molecule has 0 radical (unpaired) electrons. The summed E-state index contributed by atoms with van der Waals surface area (Å²) in [6, 6.07) is -1.11. The fourth-order valence-electron chi connectivity index (χ4n) is 10.3. The van der Waals surface area contributed by atoms with Gasteiger partial charge >= 0.3 is 5.97 Å². The molecule has 14 nitrogen and oxygen atoms in total. The van der Waals surface area contributed by atoms with Gasteiger partial charge in [0.25, 0.3) is 11.7 Å². The fraction of sp³-hybridized carbons (Fsp3) is 0.765. The number of fused-ring (bicyclic) bond motifs is 3. The van der Waals surface area contributed by atoms with Crippen LogP contribution in [-0.4, -0.2) is 137 Å². The van der Waals surface area contributed by atoms with Gasteiger partial charge in [-0.05, 0) is 107 Å². The molecule has 0 aromatic carbocycles. The normalized spacial score (nSPS) is 40.2. The van der Waals surface area contributed by atoms with Crippen molar-refractivity contribution in [3.05, 3.63) is 47.6 Å². The highest BCUT2D eigenvalue weighted by Crippen LogP contribution is 2.38. The molecule has 1 aliphatic carbocycles. The van der Waals surface area contributed by atoms with Crippen LogP contribution in [0.3, 0.4) is 0 Å². The molecule has 3 heterocycles. The lowest BCUT2D eigenvalue weighted by molar-refractivity contribution is -0.265. The van der Waals surface area contributed by atoms with Crippen LogP contribution in [0.5, 0.6) is 0 Å². The van der Waals surface area contributed by atoms with Crippen molar-refractivity contribution in [3.63, 3.8) is 0 Å². The minimum atomic E-state index is -2.42. The summed E-state index contributed by atoms with van der Waals surface area (Å²) >= 11 is 0. The number of hydrogen-bond acceptors (Lipinski definition) is 13. The largest absolute Gasteiger partial charge is 0.460 e. The van der Waals surface area contributed by atoms with Crippen molar-refractivity contribution >= 4 is 23.4 Å². The van der Waals surface area contributed by atoms with E-state index < -0.39 is 90.0 Å². The van der Waals surface area contributed by atoms with Gasteiger partial charge in [-0.1, -0.05) is 71.1 Å². The smallest absolute Gasteiger partial charge is 0.329 e. The number of cyclic esters (lactones) is 1. The Morgan fingerprint density at radius 3 is 2.22 bits per heavy atom. The van der Waals surface area contributed by atoms with E-state index >= 15 is 0 Å². The number of nitrogens with zero attached hydrogens (tertiary/aromatic N) is 1. The quantitative estimate of drug-likeness (QED) is 0.138. The Hall–Kier alpha value is -3.08. The zero-order valence-electron chi connectivity index (χ0n) is 40.7. The number of piperidine rings is 1. The van der Waals surface area contributed by atoms with Crippen molar-refractivity contribution < 1.29 is 63.3 Å². The number of Topliss-reactive ketones (excluding diaryl/α,β-unsaturated/α-hetero) is 2. The molecule has 0 spiro atoms. The number of hydrogen-bond donors (Lipinski definition) is 4. The lowest BCUT2D eigenvalue weighted by Gasteiger charge is -2.43. The molecule has 0 aromatic heterocycles. The monoisotopic (exact) mass is 916 g/mol. The Morgan fingerprint density at radius 1 is 0.815 bits per heavy atom. The fourth-order valence-corrected chi connectivity index (χ4v) is 10.3. The van der Waals surface area contributed by atoms with Crippen molar-refractivity contribution in [2.45, 2.75) is 186 Å². The van der Waals surface area contributed by atoms with E-state index in [1.54, 1.807) is 41.1 Å². The van der Waals surface area contributed by atoms with Crippen LogP contribution >= 0.6 is 0 Å². The van der Waals surface area contributed by atoms with Crippen molar-refractivity contribution in [1.29, 1.82) is 0 Å². The summed E-state index contributed by atoms with van der Waals surface area (Å²) in [4.78, 5) is 57.8. The lowest BCUT2D eigenvalue weighted by Crippen LogP contribution is -2.61. The zero-order valence-corrected chi connectivity index (χ0v) is 40.7. The van der Waals surface area contributed by atoms with E-state index in [9.17, 15) is 39.6 Å². The average molecular weight is 916 g/mol. The Bertz CT molecular complexity index is 1710. The number of allylic oxidation sites excluding steroid dienone is 5. The second-order valence-corrected chi connectivity index (χ2v) is 19.8. The summed E-state index contributed by atoms with van der Waals surface area (Å²) in [7, 11) is 4.55. The molecule has 0 aromatic rings. The number of rotatable bonds is 6. The number of ketones is 2. The zero-order chi connectivity index (χ0) is 48.2. The molecule has 1 unspecified atom stereocenters. The molecule has 4 aliphatic rings. The predicted octanol–water partition coefficient (Wildman–Crippen LogP) is 5.97. The van der Waals surface area contributed by atoms with Gasteiger partial charge in [0.15, 0.2) is 5.78 Å². The molecule has 2 bridgehead atoms. The van der Waals surface area contributed by atoms with Crippen LogP contribution in [0.15, 0.2) is 47.6 Å². The van der Waals surface area contributed by atoms with Crippen molar-refractivity contribution in [3.8, 4) is 0 Å². The van der Waals surface area contributed by atoms with E-state index in [1.807, 2.05) is 58.1 Å². The van der Waals surface area contributed by atoms with Crippen LogP contribution in [0.1, 0.15) is 126 Å². The van der Waals surface area contributed by atoms with E-state index in [-0.39, 0.29) is 49.0 Å². The number of carbonyl (C=O) groups is 4. The molecule has 16 atom stereocenters. The molecule has 14 heteroatoms. The van der Waals surface area contributed by atoms with E-state index in [0.29, 0.717) is 63.4 Å². The second kappa shape index (κ2) is 25.3. The molecule has 4 N–H and O–H groups in total. The van der Waals surface area contributed by atoms with E-state index in [1.165, 1.54) is 12.0 Å². The Labute approximate surface area is 387 Å². The first kappa shape index (κ1) is 54.5. The predicted molar refractivity (Wildman–Crippen MR) is 246 cm³/mol. The molecule has 3 fully saturated rings. The first-order chi connectivity index (χ1) is 30.7. The molecule has 2 saturated heterocycles. The maximum atomic E-state index is 14.4. The molecule has 1 amide bonds.